The van der Waals surface area contributed by atoms with Crippen molar-refractivity contribution in [3.8, 4) is 22.6 Å². The second kappa shape index (κ2) is 8.90. The molecule has 0 aliphatic heterocycles. The molecule has 4 rings (SSSR count). The highest BCUT2D eigenvalue weighted by atomic mass is 32.2. The molecule has 2 N–H and O–H groups in total. The summed E-state index contributed by atoms with van der Waals surface area (Å²) in [5, 5.41) is 1.44. The Kier molecular flexibility index (Phi) is 6.13. The van der Waals surface area contributed by atoms with Gasteiger partial charge in [-0.2, -0.15) is 13.2 Å². The number of rotatable bonds is 5. The van der Waals surface area contributed by atoms with E-state index in [4.69, 9.17) is 4.74 Å². The Hall–Kier alpha value is -3.73. The summed E-state index contributed by atoms with van der Waals surface area (Å²) in [5.74, 6) is -1.83. The molecule has 176 valence electrons. The fourth-order valence-electron chi connectivity index (χ4n) is 3.67. The van der Waals surface area contributed by atoms with Gasteiger partial charge in [0.15, 0.2) is 5.82 Å². The van der Waals surface area contributed by atoms with E-state index < -0.39 is 45.8 Å². The molecule has 0 saturated heterocycles. The van der Waals surface area contributed by atoms with Crippen LogP contribution in [0.15, 0.2) is 64.3 Å². The lowest BCUT2D eigenvalue weighted by Gasteiger charge is -2.20. The van der Waals surface area contributed by atoms with Crippen molar-refractivity contribution in [2.45, 2.75) is 6.18 Å². The highest BCUT2D eigenvalue weighted by molar-refractivity contribution is 7.99. The summed E-state index contributed by atoms with van der Waals surface area (Å²) >= 11 is 1.40. The molecule has 4 aromatic rings. The minimum atomic E-state index is -4.91. The third-order valence-corrected chi connectivity index (χ3v) is 5.58. The molecular weight excluding hydrogens is 474 g/mol. The van der Waals surface area contributed by atoms with Crippen LogP contribution in [-0.4, -0.2) is 22.9 Å². The average Bonchev–Trinajstić information content (AvgIpc) is 2.78. The normalized spacial score (nSPS) is 11.6. The maximum Gasteiger partial charge on any atom is 0.420 e. The summed E-state index contributed by atoms with van der Waals surface area (Å²) in [7, 11) is 1.01. The molecule has 1 heterocycles. The number of anilines is 1. The monoisotopic (exact) mass is 491 g/mol. The first kappa shape index (κ1) is 23.4. The molecule has 0 fully saturated rings. The molecule has 0 atom stereocenters. The number of H-pyrrole nitrogens is 1. The molecule has 0 spiro atoms. The number of halogens is 4. The third kappa shape index (κ3) is 4.26. The third-order valence-electron chi connectivity index (χ3n) is 5.14. The Bertz CT molecular complexity index is 1510. The van der Waals surface area contributed by atoms with E-state index in [9.17, 15) is 22.8 Å². The van der Waals surface area contributed by atoms with Gasteiger partial charge in [-0.05, 0) is 40.6 Å². The van der Waals surface area contributed by atoms with Gasteiger partial charge in [0.2, 0.25) is 0 Å². The number of alkyl halides is 3. The molecular formula is C23H17F4N3O3S. The van der Waals surface area contributed by atoms with Crippen LogP contribution in [0.1, 0.15) is 5.56 Å². The molecule has 6 nitrogen and oxygen atoms in total. The number of aromatic amines is 1. The predicted octanol–water partition coefficient (Wildman–Crippen LogP) is 5.20. The number of ether oxygens (including phenoxy) is 1. The minimum absolute atomic E-state index is 0.122. The van der Waals surface area contributed by atoms with Crippen LogP contribution in [0.5, 0.6) is 5.75 Å². The molecule has 0 amide bonds. The zero-order valence-corrected chi connectivity index (χ0v) is 18.6. The van der Waals surface area contributed by atoms with Gasteiger partial charge in [-0.25, -0.2) is 9.18 Å². The minimum Gasteiger partial charge on any atom is -0.495 e. The van der Waals surface area contributed by atoms with Gasteiger partial charge in [0.05, 0.1) is 18.4 Å². The van der Waals surface area contributed by atoms with Crippen molar-refractivity contribution < 1.29 is 22.3 Å². The van der Waals surface area contributed by atoms with Crippen LogP contribution >= 0.6 is 11.9 Å². The predicted molar refractivity (Wildman–Crippen MR) is 124 cm³/mol. The number of hydrogen-bond donors (Lipinski definition) is 2. The summed E-state index contributed by atoms with van der Waals surface area (Å²) in [4.78, 5) is 25.5. The van der Waals surface area contributed by atoms with E-state index in [1.807, 2.05) is 17.3 Å². The lowest BCUT2D eigenvalue weighted by molar-refractivity contribution is -0.138. The molecule has 0 aliphatic rings. The van der Waals surface area contributed by atoms with Gasteiger partial charge in [-0.15, -0.1) is 0 Å². The van der Waals surface area contributed by atoms with Crippen molar-refractivity contribution in [3.05, 3.63) is 86.9 Å². The van der Waals surface area contributed by atoms with Crippen molar-refractivity contribution in [3.63, 3.8) is 0 Å². The molecule has 1 aromatic heterocycles. The number of aromatic nitrogens is 2. The van der Waals surface area contributed by atoms with Crippen molar-refractivity contribution >= 4 is 28.4 Å². The van der Waals surface area contributed by atoms with Gasteiger partial charge in [0.25, 0.3) is 5.56 Å². The Morgan fingerprint density at radius 2 is 1.74 bits per heavy atom. The highest BCUT2D eigenvalue weighted by Gasteiger charge is 2.38. The van der Waals surface area contributed by atoms with Crippen molar-refractivity contribution in [2.24, 2.45) is 0 Å². The quantitative estimate of drug-likeness (QED) is 0.296. The van der Waals surface area contributed by atoms with Crippen LogP contribution < -0.4 is 20.7 Å². The van der Waals surface area contributed by atoms with E-state index in [2.05, 4.69) is 4.72 Å². The zero-order valence-electron chi connectivity index (χ0n) is 17.8. The number of benzene rings is 3. The lowest BCUT2D eigenvalue weighted by Crippen LogP contribution is -2.28. The zero-order chi connectivity index (χ0) is 24.6. The largest absolute Gasteiger partial charge is 0.495 e. The number of methoxy groups -OCH3 is 1. The first-order valence-electron chi connectivity index (χ1n) is 9.77. The molecule has 0 radical (unpaired) electrons. The van der Waals surface area contributed by atoms with Gasteiger partial charge in [-0.3, -0.25) is 14.3 Å². The van der Waals surface area contributed by atoms with E-state index in [1.165, 1.54) is 18.0 Å². The van der Waals surface area contributed by atoms with E-state index in [0.717, 1.165) is 30.4 Å². The number of nitrogens with one attached hydrogen (secondary N) is 2. The van der Waals surface area contributed by atoms with Crippen molar-refractivity contribution in [1.82, 2.24) is 9.55 Å². The Morgan fingerprint density at radius 1 is 1.03 bits per heavy atom. The van der Waals surface area contributed by atoms with Crippen LogP contribution in [-0.2, 0) is 6.18 Å². The SMILES string of the molecule is COc1c(C(F)(F)F)cc(-n2ccc(=O)[nH]c2=O)c(F)c1-c1ccc2cc(NSC)ccc2c1. The summed E-state index contributed by atoms with van der Waals surface area (Å²) in [6.45, 7) is 0. The van der Waals surface area contributed by atoms with Crippen LogP contribution in [0.25, 0.3) is 27.6 Å². The van der Waals surface area contributed by atoms with Gasteiger partial charge < -0.3 is 9.46 Å². The Labute approximate surface area is 194 Å². The average molecular weight is 491 g/mol. The molecule has 0 aliphatic carbocycles. The number of hydrogen-bond acceptors (Lipinski definition) is 5. The lowest BCUT2D eigenvalue weighted by atomic mass is 9.96. The van der Waals surface area contributed by atoms with E-state index >= 15 is 4.39 Å². The molecule has 34 heavy (non-hydrogen) atoms. The van der Waals surface area contributed by atoms with E-state index in [-0.39, 0.29) is 5.56 Å². The smallest absolute Gasteiger partial charge is 0.420 e. The van der Waals surface area contributed by atoms with Gasteiger partial charge in [0, 0.05) is 24.2 Å². The first-order chi connectivity index (χ1) is 16.1. The maximum absolute atomic E-state index is 15.8. The summed E-state index contributed by atoms with van der Waals surface area (Å²) in [5.41, 5.74) is -3.30. The van der Waals surface area contributed by atoms with Crippen LogP contribution in [0.4, 0.5) is 23.2 Å². The molecule has 0 bridgehead atoms. The Balaban J connectivity index is 2.03. The fourth-order valence-corrected chi connectivity index (χ4v) is 4.04. The van der Waals surface area contributed by atoms with Crippen molar-refractivity contribution in [2.75, 3.05) is 18.1 Å². The Morgan fingerprint density at radius 3 is 2.38 bits per heavy atom. The van der Waals surface area contributed by atoms with E-state index in [0.29, 0.717) is 16.0 Å². The van der Waals surface area contributed by atoms with Gasteiger partial charge >= 0.3 is 11.9 Å². The first-order valence-corrected chi connectivity index (χ1v) is 11.0. The van der Waals surface area contributed by atoms with Gasteiger partial charge in [-0.1, -0.05) is 30.1 Å². The summed E-state index contributed by atoms with van der Waals surface area (Å²) < 4.78 is 66.3. The standard InChI is InChI=1S/C23H17F4N3O3S/c1-33-21-16(23(25,26)27)11-17(30-8-7-18(31)28-22(30)32)20(24)19(21)14-4-3-13-10-15(29-34-2)6-5-12(13)9-14/h3-11,29H,1-2H3,(H,28,31,32). The fraction of sp³-hybridized carbons (Fsp3) is 0.130. The molecule has 0 saturated carbocycles. The van der Waals surface area contributed by atoms with Crippen LogP contribution in [0.2, 0.25) is 0 Å². The molecule has 3 aromatic carbocycles. The second-order valence-corrected chi connectivity index (χ2v) is 7.84. The van der Waals surface area contributed by atoms with E-state index in [1.54, 1.807) is 24.3 Å². The van der Waals surface area contributed by atoms with Gasteiger partial charge in [0.1, 0.15) is 11.3 Å². The highest BCUT2D eigenvalue weighted by Crippen LogP contribution is 2.45. The van der Waals surface area contributed by atoms with Crippen molar-refractivity contribution in [1.29, 1.82) is 0 Å². The topological polar surface area (TPSA) is 76.1 Å². The number of nitrogens with zero attached hydrogens (tertiary/aromatic N) is 1. The summed E-state index contributed by atoms with van der Waals surface area (Å²) in [6, 6.07) is 11.5. The maximum atomic E-state index is 15.8. The molecule has 11 heteroatoms. The van der Waals surface area contributed by atoms with Crippen LogP contribution in [0, 0.1) is 5.82 Å². The van der Waals surface area contributed by atoms with Crippen LogP contribution in [0.3, 0.4) is 0 Å². The summed E-state index contributed by atoms with van der Waals surface area (Å²) in [6.07, 6.45) is -2.14. The second-order valence-electron chi connectivity index (χ2n) is 7.23. The molecule has 0 unspecified atom stereocenters. The number of fused-ring (bicyclic) bond motifs is 1.